The van der Waals surface area contributed by atoms with E-state index in [2.05, 4.69) is 0 Å². The smallest absolute Gasteiger partial charge is 0.280 e. The van der Waals surface area contributed by atoms with Crippen molar-refractivity contribution >= 4 is 15.7 Å². The summed E-state index contributed by atoms with van der Waals surface area (Å²) in [6, 6.07) is 7.25. The van der Waals surface area contributed by atoms with Gasteiger partial charge in [0.25, 0.3) is 10.0 Å². The molecule has 0 spiro atoms. The van der Waals surface area contributed by atoms with Crippen LogP contribution in [-0.4, -0.2) is 8.42 Å². The molecule has 0 aliphatic carbocycles. The molecule has 0 amide bonds. The lowest BCUT2D eigenvalue weighted by molar-refractivity contribution is -0.138. The second-order valence-corrected chi connectivity index (χ2v) is 6.27. The standard InChI is InChI=1S/C14H11F4NO2S/c1-9-5-6-11(8-13(9)14(16,17)18)19-22(20,21)12-4-2-3-10(15)7-12/h2-8,19H,1H3. The van der Waals surface area contributed by atoms with E-state index in [0.29, 0.717) is 6.07 Å². The van der Waals surface area contributed by atoms with Crippen LogP contribution < -0.4 is 4.72 Å². The van der Waals surface area contributed by atoms with Crippen molar-refractivity contribution in [3.63, 3.8) is 0 Å². The van der Waals surface area contributed by atoms with Gasteiger partial charge in [-0.1, -0.05) is 12.1 Å². The molecule has 1 N–H and O–H groups in total. The van der Waals surface area contributed by atoms with Gasteiger partial charge in [-0.3, -0.25) is 4.72 Å². The third-order valence-electron chi connectivity index (χ3n) is 2.90. The van der Waals surface area contributed by atoms with Crippen LogP contribution >= 0.6 is 0 Å². The molecule has 0 saturated carbocycles. The third-order valence-corrected chi connectivity index (χ3v) is 4.28. The Morgan fingerprint density at radius 1 is 1.05 bits per heavy atom. The Morgan fingerprint density at radius 3 is 2.32 bits per heavy atom. The van der Waals surface area contributed by atoms with Gasteiger partial charge in [0.1, 0.15) is 5.82 Å². The van der Waals surface area contributed by atoms with Gasteiger partial charge in [-0.2, -0.15) is 13.2 Å². The van der Waals surface area contributed by atoms with Crippen molar-refractivity contribution in [1.29, 1.82) is 0 Å². The topological polar surface area (TPSA) is 46.2 Å². The zero-order valence-corrected chi connectivity index (χ0v) is 12.1. The largest absolute Gasteiger partial charge is 0.416 e. The maximum Gasteiger partial charge on any atom is 0.416 e. The molecule has 118 valence electrons. The molecule has 0 fully saturated rings. The summed E-state index contributed by atoms with van der Waals surface area (Å²) in [4.78, 5) is -0.373. The third kappa shape index (κ3) is 3.56. The molecule has 0 atom stereocenters. The monoisotopic (exact) mass is 333 g/mol. The van der Waals surface area contributed by atoms with E-state index < -0.39 is 27.6 Å². The molecule has 0 aromatic heterocycles. The second kappa shape index (κ2) is 5.60. The van der Waals surface area contributed by atoms with Gasteiger partial charge in [0, 0.05) is 5.69 Å². The van der Waals surface area contributed by atoms with E-state index in [1.165, 1.54) is 19.1 Å². The maximum absolute atomic E-state index is 13.1. The van der Waals surface area contributed by atoms with Gasteiger partial charge in [0.05, 0.1) is 10.5 Å². The normalized spacial score (nSPS) is 12.2. The molecule has 0 radical (unpaired) electrons. The van der Waals surface area contributed by atoms with Crippen molar-refractivity contribution in [3.8, 4) is 0 Å². The average molecular weight is 333 g/mol. The average Bonchev–Trinajstić information content (AvgIpc) is 2.39. The fraction of sp³-hybridized carbons (Fsp3) is 0.143. The van der Waals surface area contributed by atoms with Crippen molar-refractivity contribution < 1.29 is 26.0 Å². The zero-order chi connectivity index (χ0) is 16.5. The Bertz CT molecular complexity index is 801. The molecular formula is C14H11F4NO2S. The summed E-state index contributed by atoms with van der Waals surface area (Å²) in [5.41, 5.74) is -1.21. The van der Waals surface area contributed by atoms with Crippen LogP contribution in [0.5, 0.6) is 0 Å². The molecule has 3 nitrogen and oxygen atoms in total. The van der Waals surface area contributed by atoms with E-state index in [1.807, 2.05) is 4.72 Å². The number of hydrogen-bond donors (Lipinski definition) is 1. The van der Waals surface area contributed by atoms with Crippen LogP contribution in [0, 0.1) is 12.7 Å². The molecule has 2 aromatic carbocycles. The Balaban J connectivity index is 2.39. The van der Waals surface area contributed by atoms with Crippen LogP contribution in [0.1, 0.15) is 11.1 Å². The van der Waals surface area contributed by atoms with Crippen molar-refractivity contribution in [2.24, 2.45) is 0 Å². The van der Waals surface area contributed by atoms with E-state index in [0.717, 1.165) is 24.3 Å². The zero-order valence-electron chi connectivity index (χ0n) is 11.3. The first-order valence-electron chi connectivity index (χ1n) is 6.06. The minimum absolute atomic E-state index is 0.0267. The number of anilines is 1. The molecule has 0 bridgehead atoms. The molecule has 0 aliphatic heterocycles. The fourth-order valence-corrected chi connectivity index (χ4v) is 2.92. The number of nitrogens with one attached hydrogen (secondary N) is 1. The van der Waals surface area contributed by atoms with Gasteiger partial charge in [-0.05, 0) is 42.8 Å². The Morgan fingerprint density at radius 2 is 1.73 bits per heavy atom. The lowest BCUT2D eigenvalue weighted by Crippen LogP contribution is -2.14. The number of rotatable bonds is 3. The summed E-state index contributed by atoms with van der Waals surface area (Å²) in [5, 5.41) is 0. The van der Waals surface area contributed by atoms with Gasteiger partial charge in [-0.15, -0.1) is 0 Å². The van der Waals surface area contributed by atoms with Crippen LogP contribution in [0.4, 0.5) is 23.2 Å². The van der Waals surface area contributed by atoms with Crippen LogP contribution in [0.15, 0.2) is 47.4 Å². The minimum Gasteiger partial charge on any atom is -0.280 e. The summed E-state index contributed by atoms with van der Waals surface area (Å²) in [5.74, 6) is -0.761. The Labute approximate surface area is 124 Å². The number of sulfonamides is 1. The lowest BCUT2D eigenvalue weighted by atomic mass is 10.1. The molecule has 22 heavy (non-hydrogen) atoms. The van der Waals surface area contributed by atoms with Crippen LogP contribution in [-0.2, 0) is 16.2 Å². The summed E-state index contributed by atoms with van der Waals surface area (Å²) in [7, 11) is -4.17. The Kier molecular flexibility index (Phi) is 4.15. The van der Waals surface area contributed by atoms with E-state index in [-0.39, 0.29) is 16.1 Å². The van der Waals surface area contributed by atoms with Gasteiger partial charge >= 0.3 is 6.18 Å². The summed E-state index contributed by atoms with van der Waals surface area (Å²) >= 11 is 0. The summed E-state index contributed by atoms with van der Waals surface area (Å²) in [6.45, 7) is 1.27. The van der Waals surface area contributed by atoms with Crippen molar-refractivity contribution in [2.75, 3.05) is 4.72 Å². The van der Waals surface area contributed by atoms with Crippen molar-refractivity contribution in [3.05, 3.63) is 59.4 Å². The quantitative estimate of drug-likeness (QED) is 0.865. The number of alkyl halides is 3. The highest BCUT2D eigenvalue weighted by Gasteiger charge is 2.32. The minimum atomic E-state index is -4.59. The van der Waals surface area contributed by atoms with E-state index in [9.17, 15) is 26.0 Å². The predicted molar refractivity (Wildman–Crippen MR) is 73.4 cm³/mol. The predicted octanol–water partition coefficient (Wildman–Crippen LogP) is 3.95. The van der Waals surface area contributed by atoms with E-state index in [1.54, 1.807) is 0 Å². The van der Waals surface area contributed by atoms with Gasteiger partial charge < -0.3 is 0 Å². The van der Waals surface area contributed by atoms with E-state index >= 15 is 0 Å². The second-order valence-electron chi connectivity index (χ2n) is 4.59. The maximum atomic E-state index is 13.1. The van der Waals surface area contributed by atoms with Gasteiger partial charge in [0.15, 0.2) is 0 Å². The first-order chi connectivity index (χ1) is 10.1. The fourth-order valence-electron chi connectivity index (χ4n) is 1.84. The first-order valence-corrected chi connectivity index (χ1v) is 7.54. The molecular weight excluding hydrogens is 322 g/mol. The van der Waals surface area contributed by atoms with Crippen LogP contribution in [0.3, 0.4) is 0 Å². The molecule has 0 unspecified atom stereocenters. The number of hydrogen-bond acceptors (Lipinski definition) is 2. The summed E-state index contributed by atoms with van der Waals surface area (Å²) in [6.07, 6.45) is -4.59. The highest BCUT2D eigenvalue weighted by Crippen LogP contribution is 2.33. The first kappa shape index (κ1) is 16.3. The molecule has 0 aliphatic rings. The SMILES string of the molecule is Cc1ccc(NS(=O)(=O)c2cccc(F)c2)cc1C(F)(F)F. The lowest BCUT2D eigenvalue weighted by Gasteiger charge is -2.13. The molecule has 0 heterocycles. The van der Waals surface area contributed by atoms with Crippen molar-refractivity contribution in [1.82, 2.24) is 0 Å². The number of benzene rings is 2. The Hall–Kier alpha value is -2.09. The van der Waals surface area contributed by atoms with Crippen LogP contribution in [0.2, 0.25) is 0 Å². The molecule has 8 heteroatoms. The van der Waals surface area contributed by atoms with Gasteiger partial charge in [-0.25, -0.2) is 12.8 Å². The van der Waals surface area contributed by atoms with Gasteiger partial charge in [0.2, 0.25) is 0 Å². The highest BCUT2D eigenvalue weighted by atomic mass is 32.2. The van der Waals surface area contributed by atoms with E-state index in [4.69, 9.17) is 0 Å². The molecule has 2 rings (SSSR count). The molecule has 0 saturated heterocycles. The van der Waals surface area contributed by atoms with Crippen molar-refractivity contribution in [2.45, 2.75) is 18.0 Å². The number of aryl methyl sites for hydroxylation is 1. The highest BCUT2D eigenvalue weighted by molar-refractivity contribution is 7.92. The van der Waals surface area contributed by atoms with Crippen LogP contribution in [0.25, 0.3) is 0 Å². The molecule has 2 aromatic rings. The summed E-state index contributed by atoms with van der Waals surface area (Å²) < 4.78 is 77.6. The number of halogens is 4.